The number of ether oxygens (including phenoxy) is 1. The van der Waals surface area contributed by atoms with Gasteiger partial charge in [0.1, 0.15) is 0 Å². The van der Waals surface area contributed by atoms with E-state index >= 15 is 0 Å². The van der Waals surface area contributed by atoms with Crippen LogP contribution in [0.15, 0.2) is 24.5 Å². The summed E-state index contributed by atoms with van der Waals surface area (Å²) in [6.45, 7) is 1.25. The van der Waals surface area contributed by atoms with E-state index < -0.39 is 0 Å². The van der Waals surface area contributed by atoms with Crippen LogP contribution in [0.4, 0.5) is 0 Å². The molecular weight excluding hydrogens is 234 g/mol. The second-order valence-corrected chi connectivity index (χ2v) is 4.57. The summed E-state index contributed by atoms with van der Waals surface area (Å²) in [7, 11) is 0. The fourth-order valence-electron chi connectivity index (χ4n) is 1.12. The summed E-state index contributed by atoms with van der Waals surface area (Å²) in [5.41, 5.74) is 5.41. The van der Waals surface area contributed by atoms with Gasteiger partial charge in [0.05, 0.1) is 23.3 Å². The molecule has 0 unspecified atom stereocenters. The molecule has 0 atom stereocenters. The van der Waals surface area contributed by atoms with Crippen LogP contribution in [-0.2, 0) is 6.54 Å². The van der Waals surface area contributed by atoms with Gasteiger partial charge in [0, 0.05) is 6.54 Å². The molecule has 0 aliphatic heterocycles. The molecule has 4 nitrogen and oxygen atoms in total. The van der Waals surface area contributed by atoms with Crippen molar-refractivity contribution in [3.8, 4) is 10.8 Å². The normalized spacial score (nSPS) is 10.5. The van der Waals surface area contributed by atoms with Gasteiger partial charge >= 0.3 is 0 Å². The van der Waals surface area contributed by atoms with E-state index in [1.807, 2.05) is 6.07 Å². The Morgan fingerprint density at radius 1 is 1.53 bits per heavy atom. The smallest absolute Gasteiger partial charge is 0.182 e. The zero-order chi connectivity index (χ0) is 10.7. The first kappa shape index (κ1) is 10.5. The number of rotatable bonds is 4. The molecule has 0 saturated carbocycles. The van der Waals surface area contributed by atoms with Crippen molar-refractivity contribution >= 4 is 22.9 Å². The first-order valence-corrected chi connectivity index (χ1v) is 5.63. The maximum absolute atomic E-state index is 5.78. The van der Waals surface area contributed by atoms with E-state index in [1.165, 1.54) is 11.3 Å². The minimum atomic E-state index is 0.561. The van der Waals surface area contributed by atoms with Gasteiger partial charge < -0.3 is 10.5 Å². The van der Waals surface area contributed by atoms with Gasteiger partial charge in [-0.3, -0.25) is 4.68 Å². The second kappa shape index (κ2) is 4.65. The minimum absolute atomic E-state index is 0.561. The summed E-state index contributed by atoms with van der Waals surface area (Å²) in [5.74, 6) is 0.696. The SMILES string of the molecule is NCCn1cc(Oc2ccc(Cl)s2)cn1. The molecule has 0 amide bonds. The van der Waals surface area contributed by atoms with Crippen molar-refractivity contribution in [3.63, 3.8) is 0 Å². The van der Waals surface area contributed by atoms with Gasteiger partial charge in [0.15, 0.2) is 10.8 Å². The number of thiophene rings is 1. The Bertz CT molecular complexity index is 440. The molecule has 2 rings (SSSR count). The van der Waals surface area contributed by atoms with E-state index in [2.05, 4.69) is 5.10 Å². The van der Waals surface area contributed by atoms with Crippen LogP contribution in [0.1, 0.15) is 0 Å². The highest BCUT2D eigenvalue weighted by atomic mass is 35.5. The van der Waals surface area contributed by atoms with Crippen molar-refractivity contribution in [1.82, 2.24) is 9.78 Å². The fraction of sp³-hybridized carbons (Fsp3) is 0.222. The molecule has 6 heteroatoms. The molecule has 80 valence electrons. The van der Waals surface area contributed by atoms with Crippen molar-refractivity contribution in [2.45, 2.75) is 6.54 Å². The van der Waals surface area contributed by atoms with Crippen LogP contribution in [0.5, 0.6) is 10.8 Å². The van der Waals surface area contributed by atoms with Gasteiger partial charge in [0.2, 0.25) is 0 Å². The Kier molecular flexibility index (Phi) is 3.25. The van der Waals surface area contributed by atoms with Crippen LogP contribution in [-0.4, -0.2) is 16.3 Å². The van der Waals surface area contributed by atoms with E-state index in [0.717, 1.165) is 5.06 Å². The summed E-state index contributed by atoms with van der Waals surface area (Å²) in [4.78, 5) is 0. The second-order valence-electron chi connectivity index (χ2n) is 2.89. The van der Waals surface area contributed by atoms with Crippen LogP contribution in [0.25, 0.3) is 0 Å². The monoisotopic (exact) mass is 243 g/mol. The third-order valence-electron chi connectivity index (χ3n) is 1.73. The number of nitrogens with zero attached hydrogens (tertiary/aromatic N) is 2. The van der Waals surface area contributed by atoms with E-state index in [4.69, 9.17) is 22.1 Å². The van der Waals surface area contributed by atoms with Gasteiger partial charge in [-0.25, -0.2) is 0 Å². The molecule has 2 heterocycles. The molecule has 0 bridgehead atoms. The van der Waals surface area contributed by atoms with Gasteiger partial charge in [-0.05, 0) is 12.1 Å². The molecule has 0 aliphatic carbocycles. The lowest BCUT2D eigenvalue weighted by atomic mass is 10.6. The lowest BCUT2D eigenvalue weighted by Gasteiger charge is -1.97. The van der Waals surface area contributed by atoms with Crippen LogP contribution < -0.4 is 10.5 Å². The maximum atomic E-state index is 5.78. The average Bonchev–Trinajstić information content (AvgIpc) is 2.78. The third-order valence-corrected chi connectivity index (χ3v) is 2.84. The van der Waals surface area contributed by atoms with E-state index in [1.54, 1.807) is 23.1 Å². The summed E-state index contributed by atoms with van der Waals surface area (Å²) < 4.78 is 7.98. The molecule has 0 aromatic carbocycles. The zero-order valence-electron chi connectivity index (χ0n) is 7.89. The minimum Gasteiger partial charge on any atom is -0.443 e. The lowest BCUT2D eigenvalue weighted by Crippen LogP contribution is -2.09. The van der Waals surface area contributed by atoms with Crippen molar-refractivity contribution in [3.05, 3.63) is 28.9 Å². The number of aromatic nitrogens is 2. The summed E-state index contributed by atoms with van der Waals surface area (Å²) >= 11 is 7.17. The molecule has 15 heavy (non-hydrogen) atoms. The van der Waals surface area contributed by atoms with Gasteiger partial charge in [0.25, 0.3) is 0 Å². The first-order chi connectivity index (χ1) is 7.28. The molecule has 2 N–H and O–H groups in total. The van der Waals surface area contributed by atoms with E-state index in [-0.39, 0.29) is 0 Å². The van der Waals surface area contributed by atoms with Crippen LogP contribution in [0.2, 0.25) is 4.34 Å². The summed E-state index contributed by atoms with van der Waals surface area (Å²) in [6, 6.07) is 3.62. The Morgan fingerprint density at radius 2 is 2.40 bits per heavy atom. The van der Waals surface area contributed by atoms with Crippen LogP contribution in [0, 0.1) is 0 Å². The Labute approximate surface area is 96.2 Å². The van der Waals surface area contributed by atoms with Crippen molar-refractivity contribution in [1.29, 1.82) is 0 Å². The van der Waals surface area contributed by atoms with Crippen molar-refractivity contribution < 1.29 is 4.74 Å². The Morgan fingerprint density at radius 3 is 3.07 bits per heavy atom. The molecule has 0 radical (unpaired) electrons. The molecular formula is C9H10ClN3OS. The predicted molar refractivity (Wildman–Crippen MR) is 60.7 cm³/mol. The molecule has 2 aromatic rings. The summed E-state index contributed by atoms with van der Waals surface area (Å²) in [6.07, 6.45) is 3.46. The topological polar surface area (TPSA) is 53.1 Å². The first-order valence-electron chi connectivity index (χ1n) is 4.43. The quantitative estimate of drug-likeness (QED) is 0.897. The van der Waals surface area contributed by atoms with E-state index in [0.29, 0.717) is 23.2 Å². The van der Waals surface area contributed by atoms with Crippen molar-refractivity contribution in [2.24, 2.45) is 5.73 Å². The lowest BCUT2D eigenvalue weighted by molar-refractivity contribution is 0.494. The number of hydrogen-bond acceptors (Lipinski definition) is 4. The average molecular weight is 244 g/mol. The zero-order valence-corrected chi connectivity index (χ0v) is 9.46. The van der Waals surface area contributed by atoms with Gasteiger partial charge in [-0.15, -0.1) is 0 Å². The summed E-state index contributed by atoms with van der Waals surface area (Å²) in [5, 5.41) is 4.85. The number of halogens is 1. The largest absolute Gasteiger partial charge is 0.443 e. The molecule has 2 aromatic heterocycles. The van der Waals surface area contributed by atoms with Gasteiger partial charge in [-0.1, -0.05) is 22.9 Å². The predicted octanol–water partition coefficient (Wildman–Crippen LogP) is 2.35. The standard InChI is InChI=1S/C9H10ClN3OS/c10-8-1-2-9(15-8)14-7-5-12-13(6-7)4-3-11/h1-2,5-6H,3-4,11H2. The van der Waals surface area contributed by atoms with Gasteiger partial charge in [-0.2, -0.15) is 5.10 Å². The molecule has 0 aliphatic rings. The maximum Gasteiger partial charge on any atom is 0.182 e. The van der Waals surface area contributed by atoms with Crippen LogP contribution in [0.3, 0.4) is 0 Å². The number of hydrogen-bond donors (Lipinski definition) is 1. The third kappa shape index (κ3) is 2.71. The van der Waals surface area contributed by atoms with Crippen molar-refractivity contribution in [2.75, 3.05) is 6.54 Å². The highest BCUT2D eigenvalue weighted by Gasteiger charge is 2.03. The van der Waals surface area contributed by atoms with Crippen LogP contribution >= 0.6 is 22.9 Å². The van der Waals surface area contributed by atoms with E-state index in [9.17, 15) is 0 Å². The Hall–Kier alpha value is -1.04. The highest BCUT2D eigenvalue weighted by Crippen LogP contribution is 2.31. The highest BCUT2D eigenvalue weighted by molar-refractivity contribution is 7.17. The molecule has 0 spiro atoms. The fourth-order valence-corrected chi connectivity index (χ4v) is 2.01. The number of nitrogens with two attached hydrogens (primary N) is 1. The molecule has 0 saturated heterocycles. The Balaban J connectivity index is 2.04. The molecule has 0 fully saturated rings.